The second-order valence-electron chi connectivity index (χ2n) is 13.9. The van der Waals surface area contributed by atoms with Crippen LogP contribution < -0.4 is 14.8 Å². The molecule has 0 saturated carbocycles. The summed E-state index contributed by atoms with van der Waals surface area (Å²) in [6.07, 6.45) is 12.3. The highest BCUT2D eigenvalue weighted by Gasteiger charge is 2.50. The standard InChI is InChI=1S/C47H34N2O2/c1-2-12-32(13-3-1)49-40-19-7-4-14-34(40)46-33(15-10-20-41(46)49)30-23-25-37-44(28-30)50-42-21-8-5-16-35(42)47(37)36-17-6-9-22-43(36)51-45-29-31(24-26-38(45)47)39-18-11-27-48-39/h2,4-10,12-26,28-29,48H,1,3,11,27H2. The molecule has 4 heterocycles. The molecule has 1 aromatic heterocycles. The van der Waals surface area contributed by atoms with E-state index in [1.54, 1.807) is 0 Å². The van der Waals surface area contributed by atoms with E-state index in [9.17, 15) is 0 Å². The van der Waals surface area contributed by atoms with Gasteiger partial charge in [-0.15, -0.1) is 0 Å². The molecule has 4 nitrogen and oxygen atoms in total. The highest BCUT2D eigenvalue weighted by Crippen LogP contribution is 2.62. The lowest BCUT2D eigenvalue weighted by Crippen LogP contribution is -2.36. The molecule has 0 saturated heterocycles. The van der Waals surface area contributed by atoms with Gasteiger partial charge in [-0.2, -0.15) is 0 Å². The zero-order valence-corrected chi connectivity index (χ0v) is 28.0. The molecular weight excluding hydrogens is 625 g/mol. The summed E-state index contributed by atoms with van der Waals surface area (Å²) in [5, 5.41) is 6.05. The van der Waals surface area contributed by atoms with Crippen LogP contribution in [0.1, 0.15) is 47.1 Å². The molecule has 0 fully saturated rings. The minimum atomic E-state index is -0.634. The maximum absolute atomic E-state index is 6.92. The largest absolute Gasteiger partial charge is 0.457 e. The van der Waals surface area contributed by atoms with Gasteiger partial charge in [0.2, 0.25) is 0 Å². The molecule has 244 valence electrons. The van der Waals surface area contributed by atoms with E-state index < -0.39 is 5.41 Å². The Balaban J connectivity index is 1.16. The van der Waals surface area contributed by atoms with Gasteiger partial charge in [0.1, 0.15) is 23.0 Å². The molecule has 6 aromatic carbocycles. The van der Waals surface area contributed by atoms with Crippen molar-refractivity contribution in [3.63, 3.8) is 0 Å². The van der Waals surface area contributed by atoms with Crippen LogP contribution in [0.3, 0.4) is 0 Å². The molecule has 1 atom stereocenters. The maximum Gasteiger partial charge on any atom is 0.132 e. The van der Waals surface area contributed by atoms with Crippen molar-refractivity contribution in [2.45, 2.75) is 24.7 Å². The monoisotopic (exact) mass is 658 g/mol. The zero-order valence-electron chi connectivity index (χ0n) is 28.0. The van der Waals surface area contributed by atoms with Crippen LogP contribution in [0.4, 0.5) is 0 Å². The zero-order chi connectivity index (χ0) is 33.5. The molecule has 7 aromatic rings. The minimum absolute atomic E-state index is 0.634. The molecule has 0 amide bonds. The SMILES string of the molecule is C1=CC(n2c3ccccc3c3c(-c4ccc5c(c4)Oc4ccccc4C54c5ccccc5Oc5cc(C6=CCCN6)ccc54)cccc32)=CCC1. The van der Waals surface area contributed by atoms with E-state index in [1.807, 2.05) is 0 Å². The fourth-order valence-corrected chi connectivity index (χ4v) is 9.03. The van der Waals surface area contributed by atoms with E-state index in [-0.39, 0.29) is 0 Å². The number of hydrogen-bond acceptors (Lipinski definition) is 3. The van der Waals surface area contributed by atoms with E-state index in [1.165, 1.54) is 33.1 Å². The Hall–Kier alpha value is -6.26. The summed E-state index contributed by atoms with van der Waals surface area (Å²) in [5.74, 6) is 3.46. The van der Waals surface area contributed by atoms with Gasteiger partial charge in [0, 0.05) is 56.5 Å². The number of allylic oxidation sites excluding steroid dienone is 4. The van der Waals surface area contributed by atoms with Crippen LogP contribution in [-0.2, 0) is 5.41 Å². The number of hydrogen-bond donors (Lipinski definition) is 1. The van der Waals surface area contributed by atoms with Gasteiger partial charge in [-0.3, -0.25) is 0 Å². The lowest BCUT2D eigenvalue weighted by molar-refractivity contribution is 0.399. The summed E-state index contributed by atoms with van der Waals surface area (Å²) >= 11 is 0. The van der Waals surface area contributed by atoms with E-state index in [4.69, 9.17) is 9.47 Å². The van der Waals surface area contributed by atoms with Gasteiger partial charge < -0.3 is 19.4 Å². The second-order valence-corrected chi connectivity index (χ2v) is 13.9. The van der Waals surface area contributed by atoms with Crippen LogP contribution >= 0.6 is 0 Å². The second kappa shape index (κ2) is 10.9. The first-order valence-electron chi connectivity index (χ1n) is 18.0. The van der Waals surface area contributed by atoms with Crippen molar-refractivity contribution in [3.05, 3.63) is 180 Å². The van der Waals surface area contributed by atoms with Crippen molar-refractivity contribution in [3.8, 4) is 34.1 Å². The molecule has 11 rings (SSSR count). The number of ether oxygens (including phenoxy) is 2. The topological polar surface area (TPSA) is 35.4 Å². The van der Waals surface area contributed by atoms with Crippen molar-refractivity contribution in [2.75, 3.05) is 6.54 Å². The van der Waals surface area contributed by atoms with E-state index in [2.05, 4.69) is 162 Å². The number of nitrogens with one attached hydrogen (secondary N) is 1. The molecule has 3 aliphatic heterocycles. The van der Waals surface area contributed by atoms with Crippen molar-refractivity contribution in [1.82, 2.24) is 9.88 Å². The Bertz CT molecular complexity index is 2680. The summed E-state index contributed by atoms with van der Waals surface area (Å²) < 4.78 is 16.1. The lowest BCUT2D eigenvalue weighted by Gasteiger charge is -2.45. The number of rotatable bonds is 3. The Morgan fingerprint density at radius 1 is 0.549 bits per heavy atom. The summed E-state index contributed by atoms with van der Waals surface area (Å²) in [5.41, 5.74) is 12.1. The van der Waals surface area contributed by atoms with Gasteiger partial charge in [-0.05, 0) is 72.9 Å². The van der Waals surface area contributed by atoms with Crippen LogP contribution in [0.15, 0.2) is 152 Å². The first-order chi connectivity index (χ1) is 25.3. The average Bonchev–Trinajstić information content (AvgIpc) is 3.85. The molecule has 1 aliphatic carbocycles. The number of para-hydroxylation sites is 3. The molecule has 1 N–H and O–H groups in total. The Labute approximate surface area is 296 Å². The highest BCUT2D eigenvalue weighted by atomic mass is 16.5. The minimum Gasteiger partial charge on any atom is -0.457 e. The quantitative estimate of drug-likeness (QED) is 0.205. The predicted octanol–water partition coefficient (Wildman–Crippen LogP) is 11.6. The molecular formula is C47H34N2O2. The molecule has 51 heavy (non-hydrogen) atoms. The van der Waals surface area contributed by atoms with Crippen LogP contribution in [0.5, 0.6) is 23.0 Å². The Morgan fingerprint density at radius 2 is 1.22 bits per heavy atom. The van der Waals surface area contributed by atoms with Gasteiger partial charge in [0.05, 0.1) is 16.4 Å². The number of nitrogens with zero attached hydrogens (tertiary/aromatic N) is 1. The van der Waals surface area contributed by atoms with Crippen LogP contribution in [-0.4, -0.2) is 11.1 Å². The summed E-state index contributed by atoms with van der Waals surface area (Å²) in [6, 6.07) is 46.1. The molecule has 0 bridgehead atoms. The number of benzene rings is 6. The molecule has 0 radical (unpaired) electrons. The van der Waals surface area contributed by atoms with Gasteiger partial charge in [0.25, 0.3) is 0 Å². The lowest BCUT2D eigenvalue weighted by atomic mass is 9.62. The fraction of sp³-hybridized carbons (Fsp3) is 0.106. The summed E-state index contributed by atoms with van der Waals surface area (Å²) in [4.78, 5) is 0. The number of aromatic nitrogens is 1. The third kappa shape index (κ3) is 4.02. The first-order valence-corrected chi connectivity index (χ1v) is 18.0. The van der Waals surface area contributed by atoms with E-state index in [0.717, 1.165) is 87.9 Å². The predicted molar refractivity (Wildman–Crippen MR) is 207 cm³/mol. The average molecular weight is 659 g/mol. The molecule has 1 unspecified atom stereocenters. The van der Waals surface area contributed by atoms with Gasteiger partial charge >= 0.3 is 0 Å². The van der Waals surface area contributed by atoms with Crippen molar-refractivity contribution in [1.29, 1.82) is 0 Å². The van der Waals surface area contributed by atoms with Crippen molar-refractivity contribution < 1.29 is 9.47 Å². The normalized spacial score (nSPS) is 18.2. The Kier molecular flexibility index (Phi) is 6.09. The molecule has 1 spiro atoms. The maximum atomic E-state index is 6.92. The van der Waals surface area contributed by atoms with Crippen molar-refractivity contribution >= 4 is 33.2 Å². The van der Waals surface area contributed by atoms with Gasteiger partial charge in [-0.1, -0.05) is 109 Å². The van der Waals surface area contributed by atoms with E-state index in [0.29, 0.717) is 0 Å². The molecule has 4 heteroatoms. The fourth-order valence-electron chi connectivity index (χ4n) is 9.03. The molecule has 4 aliphatic rings. The van der Waals surface area contributed by atoms with Crippen LogP contribution in [0.25, 0.3) is 44.3 Å². The third-order valence-electron chi connectivity index (χ3n) is 11.2. The smallest absolute Gasteiger partial charge is 0.132 e. The summed E-state index contributed by atoms with van der Waals surface area (Å²) in [7, 11) is 0. The summed E-state index contributed by atoms with van der Waals surface area (Å²) in [6.45, 7) is 0.962. The van der Waals surface area contributed by atoms with E-state index >= 15 is 0 Å². The van der Waals surface area contributed by atoms with Gasteiger partial charge in [-0.25, -0.2) is 0 Å². The highest BCUT2D eigenvalue weighted by molar-refractivity contribution is 6.16. The number of fused-ring (bicyclic) bond motifs is 11. The third-order valence-corrected chi connectivity index (χ3v) is 11.2. The Morgan fingerprint density at radius 3 is 1.94 bits per heavy atom. The van der Waals surface area contributed by atoms with Gasteiger partial charge in [0.15, 0.2) is 0 Å². The van der Waals surface area contributed by atoms with Crippen LogP contribution in [0, 0.1) is 0 Å². The van der Waals surface area contributed by atoms with Crippen LogP contribution in [0.2, 0.25) is 0 Å². The van der Waals surface area contributed by atoms with Crippen molar-refractivity contribution in [2.24, 2.45) is 0 Å². The first kappa shape index (κ1) is 28.6.